The van der Waals surface area contributed by atoms with Gasteiger partial charge in [-0.05, 0) is 64.5 Å². The number of hydroxylamine groups is 2. The Labute approximate surface area is 208 Å². The van der Waals surface area contributed by atoms with Crippen molar-refractivity contribution < 1.29 is 23.6 Å². The Balaban J connectivity index is 2.47. The maximum Gasteiger partial charge on any atom is 0.410 e. The van der Waals surface area contributed by atoms with E-state index in [1.807, 2.05) is 25.8 Å². The van der Waals surface area contributed by atoms with Gasteiger partial charge in [0.1, 0.15) is 11.1 Å². The second-order valence-corrected chi connectivity index (χ2v) is 14.6. The van der Waals surface area contributed by atoms with Crippen molar-refractivity contribution in [3.63, 3.8) is 0 Å². The zero-order chi connectivity index (χ0) is 25.9. The van der Waals surface area contributed by atoms with Crippen LogP contribution in [0.3, 0.4) is 0 Å². The van der Waals surface area contributed by atoms with Crippen molar-refractivity contribution in [2.45, 2.75) is 104 Å². The quantitative estimate of drug-likeness (QED) is 0.200. The predicted molar refractivity (Wildman–Crippen MR) is 138 cm³/mol. The van der Waals surface area contributed by atoms with Gasteiger partial charge in [0.2, 0.25) is 0 Å². The van der Waals surface area contributed by atoms with Crippen molar-refractivity contribution in [3.8, 4) is 0 Å². The molecule has 8 heteroatoms. The zero-order valence-corrected chi connectivity index (χ0v) is 24.1. The van der Waals surface area contributed by atoms with Crippen LogP contribution in [0, 0.1) is 17.3 Å². The van der Waals surface area contributed by atoms with E-state index in [-0.39, 0.29) is 35.4 Å². The first-order chi connectivity index (χ1) is 15.7. The maximum absolute atomic E-state index is 13.9. The number of ether oxygens (including phenoxy) is 2. The molecule has 0 spiro atoms. The molecule has 2 rings (SSSR count). The fourth-order valence-electron chi connectivity index (χ4n) is 5.00. The molecule has 0 aromatic heterocycles. The summed E-state index contributed by atoms with van der Waals surface area (Å²) in [6.45, 7) is 24.0. The van der Waals surface area contributed by atoms with Gasteiger partial charge < -0.3 is 18.9 Å². The number of amides is 1. The molecule has 0 saturated carbocycles. The number of esters is 1. The van der Waals surface area contributed by atoms with Crippen LogP contribution in [0.25, 0.3) is 0 Å². The van der Waals surface area contributed by atoms with Crippen LogP contribution < -0.4 is 0 Å². The van der Waals surface area contributed by atoms with E-state index >= 15 is 0 Å². The number of hydrogen-bond donors (Lipinski definition) is 0. The Morgan fingerprint density at radius 2 is 1.79 bits per heavy atom. The monoisotopic (exact) mass is 496 g/mol. The van der Waals surface area contributed by atoms with Crippen LogP contribution in [0.1, 0.15) is 74.1 Å². The molecule has 0 bridgehead atoms. The molecule has 4 unspecified atom stereocenters. The average Bonchev–Trinajstić information content (AvgIpc) is 3.28. The summed E-state index contributed by atoms with van der Waals surface area (Å²) in [7, 11) is -1.50. The average molecular weight is 497 g/mol. The standard InChI is InChI=1S/C26H48N2O5Si/c1-11-13-14-31-22(29)26(16-20(24(3,4)5)18-28(26)33-34(9)10)19-15-21(12-2)27(17-19)23(30)32-25(6,7)8/h12,19-21,34H,2,11,13-18H2,1,3-10H3. The van der Waals surface area contributed by atoms with E-state index in [0.717, 1.165) is 12.8 Å². The van der Waals surface area contributed by atoms with Crippen LogP contribution in [0.2, 0.25) is 13.1 Å². The summed E-state index contributed by atoms with van der Waals surface area (Å²) in [4.78, 5) is 28.7. The number of hydrogen-bond acceptors (Lipinski definition) is 6. The summed E-state index contributed by atoms with van der Waals surface area (Å²) in [5, 5.41) is 1.96. The van der Waals surface area contributed by atoms with E-state index in [1.165, 1.54) is 0 Å². The van der Waals surface area contributed by atoms with Crippen molar-refractivity contribution in [2.75, 3.05) is 19.7 Å². The molecular weight excluding hydrogens is 448 g/mol. The first-order valence-electron chi connectivity index (χ1n) is 12.9. The van der Waals surface area contributed by atoms with Crippen molar-refractivity contribution in [3.05, 3.63) is 12.7 Å². The van der Waals surface area contributed by atoms with Crippen molar-refractivity contribution >= 4 is 21.1 Å². The Bertz CT molecular complexity index is 730. The molecule has 1 amide bonds. The molecule has 2 aliphatic heterocycles. The molecule has 34 heavy (non-hydrogen) atoms. The van der Waals surface area contributed by atoms with E-state index in [2.05, 4.69) is 47.4 Å². The summed E-state index contributed by atoms with van der Waals surface area (Å²) < 4.78 is 18.0. The predicted octanol–water partition coefficient (Wildman–Crippen LogP) is 5.16. The van der Waals surface area contributed by atoms with Crippen molar-refractivity contribution in [1.82, 2.24) is 9.96 Å². The van der Waals surface area contributed by atoms with Gasteiger partial charge in [0.15, 0.2) is 9.04 Å². The van der Waals surface area contributed by atoms with Crippen molar-refractivity contribution in [2.24, 2.45) is 17.3 Å². The second-order valence-electron chi connectivity index (χ2n) is 12.3. The summed E-state index contributed by atoms with van der Waals surface area (Å²) >= 11 is 0. The van der Waals surface area contributed by atoms with E-state index in [9.17, 15) is 9.59 Å². The van der Waals surface area contributed by atoms with Gasteiger partial charge in [-0.15, -0.1) is 6.58 Å². The number of nitrogens with zero attached hydrogens (tertiary/aromatic N) is 2. The highest BCUT2D eigenvalue weighted by atomic mass is 28.3. The number of rotatable bonds is 8. The van der Waals surface area contributed by atoms with Gasteiger partial charge in [-0.3, -0.25) is 0 Å². The SMILES string of the molecule is C=CC1CC(C2(C(=O)OCCCC)CC(C(C)(C)C)CN2O[SiH](C)C)CN1C(=O)OC(C)(C)C. The molecule has 2 fully saturated rings. The molecule has 196 valence electrons. The van der Waals surface area contributed by atoms with Crippen LogP contribution in [0.15, 0.2) is 12.7 Å². The fourth-order valence-corrected chi connectivity index (χ4v) is 5.78. The van der Waals surface area contributed by atoms with Crippen LogP contribution in [-0.2, 0) is 18.8 Å². The smallest absolute Gasteiger partial charge is 0.410 e. The van der Waals surface area contributed by atoms with E-state index in [0.29, 0.717) is 32.5 Å². The molecule has 0 aromatic rings. The Morgan fingerprint density at radius 1 is 1.15 bits per heavy atom. The molecule has 2 heterocycles. The third-order valence-electron chi connectivity index (χ3n) is 6.96. The molecular formula is C26H48N2O5Si. The van der Waals surface area contributed by atoms with Gasteiger partial charge in [0, 0.05) is 19.0 Å². The summed E-state index contributed by atoms with van der Waals surface area (Å²) in [6.07, 6.45) is 4.48. The van der Waals surface area contributed by atoms with Crippen LogP contribution >= 0.6 is 0 Å². The lowest BCUT2D eigenvalue weighted by Crippen LogP contribution is -2.58. The minimum Gasteiger partial charge on any atom is -0.464 e. The normalized spacial score (nSPS) is 28.4. The second kappa shape index (κ2) is 11.1. The molecule has 0 aromatic carbocycles. The first kappa shape index (κ1) is 28.9. The highest BCUT2D eigenvalue weighted by molar-refractivity contribution is 6.48. The molecule has 7 nitrogen and oxygen atoms in total. The highest BCUT2D eigenvalue weighted by Crippen LogP contribution is 2.50. The number of carbonyl (C=O) groups excluding carboxylic acids is 2. The molecule has 2 aliphatic rings. The van der Waals surface area contributed by atoms with Crippen LogP contribution in [0.4, 0.5) is 4.79 Å². The van der Waals surface area contributed by atoms with Gasteiger partial charge in [-0.1, -0.05) is 40.2 Å². The van der Waals surface area contributed by atoms with Crippen LogP contribution in [-0.4, -0.2) is 67.9 Å². The highest BCUT2D eigenvalue weighted by Gasteiger charge is 2.62. The first-order valence-corrected chi connectivity index (χ1v) is 15.7. The van der Waals surface area contributed by atoms with Gasteiger partial charge >= 0.3 is 12.1 Å². The Morgan fingerprint density at radius 3 is 2.29 bits per heavy atom. The summed E-state index contributed by atoms with van der Waals surface area (Å²) in [5.74, 6) is -0.102. The van der Waals surface area contributed by atoms with Gasteiger partial charge in [-0.25, -0.2) is 9.59 Å². The minimum atomic E-state index is -1.50. The number of likely N-dealkylation sites (tertiary alicyclic amines) is 1. The summed E-state index contributed by atoms with van der Waals surface area (Å²) in [5.41, 5.74) is -1.52. The van der Waals surface area contributed by atoms with Gasteiger partial charge in [0.05, 0.1) is 12.6 Å². The third-order valence-corrected chi connectivity index (χ3v) is 7.63. The molecule has 2 saturated heterocycles. The molecule has 0 aliphatic carbocycles. The van der Waals surface area contributed by atoms with E-state index in [4.69, 9.17) is 14.0 Å². The number of carbonyl (C=O) groups is 2. The third kappa shape index (κ3) is 6.64. The van der Waals surface area contributed by atoms with Crippen molar-refractivity contribution in [1.29, 1.82) is 0 Å². The zero-order valence-electron chi connectivity index (χ0n) is 23.0. The fraction of sp³-hybridized carbons (Fsp3) is 0.846. The molecule has 0 N–H and O–H groups in total. The van der Waals surface area contributed by atoms with Crippen LogP contribution in [0.5, 0.6) is 0 Å². The summed E-state index contributed by atoms with van der Waals surface area (Å²) in [6, 6.07) is -0.202. The molecule has 4 atom stereocenters. The molecule has 0 radical (unpaired) electrons. The van der Waals surface area contributed by atoms with Gasteiger partial charge in [0.25, 0.3) is 0 Å². The lowest BCUT2D eigenvalue weighted by atomic mass is 9.72. The van der Waals surface area contributed by atoms with Gasteiger partial charge in [-0.2, -0.15) is 5.06 Å². The topological polar surface area (TPSA) is 68.3 Å². The lowest BCUT2D eigenvalue weighted by Gasteiger charge is -2.41. The maximum atomic E-state index is 13.9. The van der Waals surface area contributed by atoms with E-state index in [1.54, 1.807) is 11.0 Å². The number of unbranched alkanes of at least 4 members (excludes halogenated alkanes) is 1. The minimum absolute atomic E-state index is 0.00683. The largest absolute Gasteiger partial charge is 0.464 e. The lowest BCUT2D eigenvalue weighted by molar-refractivity contribution is -0.190. The Hall–Kier alpha value is -1.38. The Kier molecular flexibility index (Phi) is 9.44. The van der Waals surface area contributed by atoms with E-state index < -0.39 is 20.2 Å².